The van der Waals surface area contributed by atoms with Crippen molar-refractivity contribution in [3.63, 3.8) is 0 Å². The lowest BCUT2D eigenvalue weighted by Gasteiger charge is -2.58. The van der Waals surface area contributed by atoms with Crippen molar-refractivity contribution in [1.82, 2.24) is 0 Å². The SMILES string of the molecule is CC(CN)CCC[C@@H](C)[C@H]1CC[C@H]2[C@@H]3CC=C4CC(O)CC[C@]4(C)[C@H]3CC[C@]12C. The first-order valence-electron chi connectivity index (χ1n) is 12.9. The van der Waals surface area contributed by atoms with E-state index in [1.54, 1.807) is 5.57 Å². The smallest absolute Gasteiger partial charge is 0.0577 e. The molecule has 0 amide bonds. The summed E-state index contributed by atoms with van der Waals surface area (Å²) in [5.74, 6) is 5.16. The fraction of sp³-hybridized carbons (Fsp3) is 0.926. The lowest BCUT2D eigenvalue weighted by atomic mass is 9.47. The minimum atomic E-state index is -0.0848. The van der Waals surface area contributed by atoms with Crippen LogP contribution in [0.15, 0.2) is 11.6 Å². The van der Waals surface area contributed by atoms with Crippen LogP contribution in [0.3, 0.4) is 0 Å². The van der Waals surface area contributed by atoms with Gasteiger partial charge in [-0.05, 0) is 111 Å². The van der Waals surface area contributed by atoms with Gasteiger partial charge in [0.15, 0.2) is 0 Å². The van der Waals surface area contributed by atoms with Crippen molar-refractivity contribution >= 4 is 0 Å². The minimum Gasteiger partial charge on any atom is -0.393 e. The second-order valence-electron chi connectivity index (χ2n) is 12.1. The molecule has 0 aromatic rings. The Balaban J connectivity index is 1.46. The van der Waals surface area contributed by atoms with Crippen LogP contribution in [0.1, 0.15) is 98.3 Å². The number of aliphatic hydroxyl groups excluding tert-OH is 1. The lowest BCUT2D eigenvalue weighted by Crippen LogP contribution is -2.50. The summed E-state index contributed by atoms with van der Waals surface area (Å²) in [6.07, 6.45) is 16.8. The summed E-state index contributed by atoms with van der Waals surface area (Å²) >= 11 is 0. The van der Waals surface area contributed by atoms with Crippen molar-refractivity contribution in [3.8, 4) is 0 Å². The van der Waals surface area contributed by atoms with E-state index in [1.165, 1.54) is 57.8 Å². The summed E-state index contributed by atoms with van der Waals surface area (Å²) in [6.45, 7) is 10.9. The molecular weight excluding hydrogens is 354 g/mol. The van der Waals surface area contributed by atoms with E-state index in [1.807, 2.05) is 0 Å². The van der Waals surface area contributed by atoms with Gasteiger partial charge in [0, 0.05) is 0 Å². The molecule has 2 heteroatoms. The maximum atomic E-state index is 10.2. The molecule has 3 N–H and O–H groups in total. The molecule has 0 aromatic heterocycles. The topological polar surface area (TPSA) is 46.2 Å². The normalized spacial score (nSPS) is 46.3. The highest BCUT2D eigenvalue weighted by atomic mass is 16.3. The molecule has 0 radical (unpaired) electrons. The van der Waals surface area contributed by atoms with Gasteiger partial charge in [0.2, 0.25) is 0 Å². The van der Waals surface area contributed by atoms with Gasteiger partial charge in [0.1, 0.15) is 0 Å². The van der Waals surface area contributed by atoms with E-state index in [4.69, 9.17) is 5.73 Å². The maximum absolute atomic E-state index is 10.2. The number of rotatable bonds is 6. The Labute approximate surface area is 180 Å². The minimum absolute atomic E-state index is 0.0848. The van der Waals surface area contributed by atoms with Gasteiger partial charge in [-0.2, -0.15) is 0 Å². The molecule has 4 aliphatic carbocycles. The van der Waals surface area contributed by atoms with Crippen LogP contribution in [0.2, 0.25) is 0 Å². The summed E-state index contributed by atoms with van der Waals surface area (Å²) < 4.78 is 0. The van der Waals surface area contributed by atoms with E-state index in [0.717, 1.165) is 49.0 Å². The molecule has 2 unspecified atom stereocenters. The first-order chi connectivity index (χ1) is 13.8. The van der Waals surface area contributed by atoms with Crippen LogP contribution in [0, 0.1) is 46.3 Å². The monoisotopic (exact) mass is 401 g/mol. The van der Waals surface area contributed by atoms with Crippen LogP contribution in [-0.4, -0.2) is 17.8 Å². The van der Waals surface area contributed by atoms with Crippen LogP contribution >= 0.6 is 0 Å². The average molecular weight is 402 g/mol. The highest BCUT2D eigenvalue weighted by Crippen LogP contribution is 2.67. The van der Waals surface area contributed by atoms with Crippen LogP contribution in [0.25, 0.3) is 0 Å². The van der Waals surface area contributed by atoms with Gasteiger partial charge in [-0.1, -0.05) is 52.2 Å². The van der Waals surface area contributed by atoms with Crippen LogP contribution < -0.4 is 5.73 Å². The third-order valence-corrected chi connectivity index (χ3v) is 10.6. The van der Waals surface area contributed by atoms with E-state index < -0.39 is 0 Å². The van der Waals surface area contributed by atoms with Crippen molar-refractivity contribution in [1.29, 1.82) is 0 Å². The highest BCUT2D eigenvalue weighted by molar-refractivity contribution is 5.25. The molecule has 166 valence electrons. The fourth-order valence-electron chi connectivity index (χ4n) is 8.72. The van der Waals surface area contributed by atoms with Gasteiger partial charge in [-0.25, -0.2) is 0 Å². The van der Waals surface area contributed by atoms with Crippen LogP contribution in [0.5, 0.6) is 0 Å². The van der Waals surface area contributed by atoms with Gasteiger partial charge in [-0.15, -0.1) is 0 Å². The molecule has 4 aliphatic rings. The molecule has 2 nitrogen and oxygen atoms in total. The molecule has 3 fully saturated rings. The van der Waals surface area contributed by atoms with Crippen molar-refractivity contribution in [2.75, 3.05) is 6.54 Å². The average Bonchev–Trinajstić information content (AvgIpc) is 3.05. The zero-order chi connectivity index (χ0) is 20.8. The number of nitrogens with two attached hydrogens (primary N) is 1. The van der Waals surface area contributed by atoms with E-state index in [9.17, 15) is 5.11 Å². The highest BCUT2D eigenvalue weighted by Gasteiger charge is 2.59. The third-order valence-electron chi connectivity index (χ3n) is 10.6. The zero-order valence-electron chi connectivity index (χ0n) is 19.6. The summed E-state index contributed by atoms with van der Waals surface area (Å²) in [6, 6.07) is 0. The summed E-state index contributed by atoms with van der Waals surface area (Å²) in [5, 5.41) is 10.2. The standard InChI is InChI=1S/C27H47NO/c1-18(17-28)6-5-7-19(2)23-10-11-24-22-9-8-20-16-21(29)12-14-26(20,3)25(22)13-15-27(23,24)4/h8,18-19,21-25,29H,5-7,9-17,28H2,1-4H3/t18?,19-,21?,22+,23-,24+,25+,26+,27-/m1/s1. The molecular formula is C27H47NO. The molecule has 0 heterocycles. The van der Waals surface area contributed by atoms with Gasteiger partial charge in [0.25, 0.3) is 0 Å². The van der Waals surface area contributed by atoms with Crippen LogP contribution in [-0.2, 0) is 0 Å². The third kappa shape index (κ3) is 3.75. The molecule has 0 aliphatic heterocycles. The zero-order valence-corrected chi connectivity index (χ0v) is 19.6. The van der Waals surface area contributed by atoms with Crippen molar-refractivity contribution in [3.05, 3.63) is 11.6 Å². The Bertz CT molecular complexity index is 614. The quantitative estimate of drug-likeness (QED) is 0.511. The molecule has 0 spiro atoms. The second-order valence-corrected chi connectivity index (χ2v) is 12.1. The predicted molar refractivity (Wildman–Crippen MR) is 122 cm³/mol. The molecule has 0 saturated heterocycles. The van der Waals surface area contributed by atoms with Crippen molar-refractivity contribution < 1.29 is 5.11 Å². The first-order valence-corrected chi connectivity index (χ1v) is 12.9. The van der Waals surface area contributed by atoms with Gasteiger partial charge >= 0.3 is 0 Å². The Kier molecular flexibility index (Phi) is 6.26. The van der Waals surface area contributed by atoms with Gasteiger partial charge < -0.3 is 10.8 Å². The Morgan fingerprint density at radius 2 is 1.86 bits per heavy atom. The Morgan fingerprint density at radius 3 is 2.62 bits per heavy atom. The Hall–Kier alpha value is -0.340. The summed E-state index contributed by atoms with van der Waals surface area (Å²) in [4.78, 5) is 0. The van der Waals surface area contributed by atoms with Gasteiger partial charge in [-0.3, -0.25) is 0 Å². The van der Waals surface area contributed by atoms with E-state index in [0.29, 0.717) is 16.7 Å². The molecule has 3 saturated carbocycles. The number of hydrogen-bond acceptors (Lipinski definition) is 2. The second kappa shape index (κ2) is 8.30. The van der Waals surface area contributed by atoms with E-state index in [2.05, 4.69) is 33.8 Å². The molecule has 4 rings (SSSR count). The lowest BCUT2D eigenvalue weighted by molar-refractivity contribution is -0.0573. The summed E-state index contributed by atoms with van der Waals surface area (Å²) in [5.41, 5.74) is 8.38. The predicted octanol–water partition coefficient (Wildman–Crippen LogP) is 6.33. The molecule has 29 heavy (non-hydrogen) atoms. The van der Waals surface area contributed by atoms with Crippen molar-refractivity contribution in [2.24, 2.45) is 52.1 Å². The van der Waals surface area contributed by atoms with E-state index in [-0.39, 0.29) is 6.10 Å². The van der Waals surface area contributed by atoms with Crippen molar-refractivity contribution in [2.45, 2.75) is 104 Å². The van der Waals surface area contributed by atoms with E-state index >= 15 is 0 Å². The van der Waals surface area contributed by atoms with Crippen LogP contribution in [0.4, 0.5) is 0 Å². The number of aliphatic hydroxyl groups is 1. The molecule has 0 aromatic carbocycles. The number of hydrogen-bond donors (Lipinski definition) is 2. The first kappa shape index (κ1) is 21.9. The Morgan fingerprint density at radius 1 is 1.07 bits per heavy atom. The number of allylic oxidation sites excluding steroid dienone is 1. The maximum Gasteiger partial charge on any atom is 0.0577 e. The number of fused-ring (bicyclic) bond motifs is 5. The summed E-state index contributed by atoms with van der Waals surface area (Å²) in [7, 11) is 0. The largest absolute Gasteiger partial charge is 0.393 e. The van der Waals surface area contributed by atoms with Gasteiger partial charge in [0.05, 0.1) is 6.10 Å². The fourth-order valence-corrected chi connectivity index (χ4v) is 8.72. The molecule has 0 bridgehead atoms. The molecule has 9 atom stereocenters.